The zero-order valence-electron chi connectivity index (χ0n) is 34.8. The van der Waals surface area contributed by atoms with Crippen molar-refractivity contribution in [1.82, 2.24) is 4.57 Å². The van der Waals surface area contributed by atoms with Crippen LogP contribution in [0.2, 0.25) is 0 Å². The fraction of sp³-hybridized carbons (Fsp3) is 0.0667. The van der Waals surface area contributed by atoms with Crippen LogP contribution in [0.1, 0.15) is 30.4 Å². The number of rotatable bonds is 8. The standard InChI is InChI=1S/C60H44N2O/c1-2-17-41(18-3-1)44-20-15-22-47(40-44)61(56-31-10-7-26-51(56)53-28-16-29-54-52-27-8-13-34-59(52)63-60(53)54)46-37-35-42(36-38-46)43-19-14-21-45(39-43)48-23-4-9-30-55(48)62-57-32-11-5-24-49(57)50-25-6-12-33-58(50)62/h1-29,31-38,40,43,55H,30,39H2. The lowest BCUT2D eigenvalue weighted by molar-refractivity contribution is 0.607. The third-order valence-corrected chi connectivity index (χ3v) is 13.1. The molecule has 0 fully saturated rings. The van der Waals surface area contributed by atoms with Crippen molar-refractivity contribution in [2.75, 3.05) is 4.90 Å². The molecule has 63 heavy (non-hydrogen) atoms. The van der Waals surface area contributed by atoms with Crippen LogP contribution in [0.5, 0.6) is 0 Å². The molecule has 0 saturated heterocycles. The normalized spacial score (nSPS) is 16.2. The van der Waals surface area contributed by atoms with Crippen LogP contribution >= 0.6 is 0 Å². The summed E-state index contributed by atoms with van der Waals surface area (Å²) >= 11 is 0. The fourth-order valence-electron chi connectivity index (χ4n) is 10.2. The third-order valence-electron chi connectivity index (χ3n) is 13.1. The van der Waals surface area contributed by atoms with Gasteiger partial charge >= 0.3 is 0 Å². The lowest BCUT2D eigenvalue weighted by Crippen LogP contribution is -2.16. The number of aromatic nitrogens is 1. The van der Waals surface area contributed by atoms with Crippen LogP contribution in [0.15, 0.2) is 246 Å². The summed E-state index contributed by atoms with van der Waals surface area (Å²) in [6, 6.07) is 70.3. The van der Waals surface area contributed by atoms with Crippen molar-refractivity contribution in [2.45, 2.75) is 24.8 Å². The number of anilines is 3. The SMILES string of the molecule is C1=CCC(n2c3ccccc3c3ccccc32)C(C2=CC=CC(c3ccc(N(c4cccc(-c5ccccc5)c4)c4ccccc4-c4cccc5c4oc4ccccc45)cc3)C2)=C1. The van der Waals surface area contributed by atoms with Gasteiger partial charge in [-0.3, -0.25) is 0 Å². The fourth-order valence-corrected chi connectivity index (χ4v) is 10.2. The van der Waals surface area contributed by atoms with Crippen molar-refractivity contribution in [3.8, 4) is 22.3 Å². The van der Waals surface area contributed by atoms with E-state index in [1.165, 1.54) is 49.6 Å². The topological polar surface area (TPSA) is 21.3 Å². The second-order valence-corrected chi connectivity index (χ2v) is 16.7. The maximum atomic E-state index is 6.62. The largest absolute Gasteiger partial charge is 0.455 e. The van der Waals surface area contributed by atoms with E-state index < -0.39 is 0 Å². The van der Waals surface area contributed by atoms with Crippen molar-refractivity contribution in [1.29, 1.82) is 0 Å². The van der Waals surface area contributed by atoms with E-state index in [2.05, 4.69) is 234 Å². The lowest BCUT2D eigenvalue weighted by atomic mass is 9.81. The Morgan fingerprint density at radius 3 is 2.00 bits per heavy atom. The van der Waals surface area contributed by atoms with Gasteiger partial charge in [0.15, 0.2) is 0 Å². The zero-order valence-corrected chi connectivity index (χ0v) is 34.8. The van der Waals surface area contributed by atoms with E-state index in [0.717, 1.165) is 63.0 Å². The minimum atomic E-state index is 0.214. The summed E-state index contributed by atoms with van der Waals surface area (Å²) in [4.78, 5) is 2.41. The van der Waals surface area contributed by atoms with Crippen molar-refractivity contribution >= 4 is 60.8 Å². The molecule has 0 saturated carbocycles. The van der Waals surface area contributed by atoms with Crippen LogP contribution < -0.4 is 4.90 Å². The van der Waals surface area contributed by atoms with Gasteiger partial charge in [-0.25, -0.2) is 0 Å². The Morgan fingerprint density at radius 2 is 1.17 bits per heavy atom. The highest BCUT2D eigenvalue weighted by molar-refractivity contribution is 6.11. The summed E-state index contributed by atoms with van der Waals surface area (Å²) in [6.45, 7) is 0. The van der Waals surface area contributed by atoms with Crippen molar-refractivity contribution < 1.29 is 4.42 Å². The molecule has 0 aliphatic heterocycles. The molecule has 0 N–H and O–H groups in total. The molecule has 2 atom stereocenters. The smallest absolute Gasteiger partial charge is 0.143 e. The second kappa shape index (κ2) is 15.5. The number of para-hydroxylation sites is 5. The van der Waals surface area contributed by atoms with Gasteiger partial charge in [0.05, 0.1) is 11.7 Å². The molecular formula is C60H44N2O. The Labute approximate surface area is 367 Å². The van der Waals surface area contributed by atoms with E-state index in [1.807, 2.05) is 6.07 Å². The number of nitrogens with zero attached hydrogens (tertiary/aromatic N) is 2. The number of hydrogen-bond acceptors (Lipinski definition) is 2. The summed E-state index contributed by atoms with van der Waals surface area (Å²) < 4.78 is 9.20. The number of furan rings is 1. The first-order valence-corrected chi connectivity index (χ1v) is 22.0. The summed E-state index contributed by atoms with van der Waals surface area (Å²) in [5.74, 6) is 0.248. The first-order chi connectivity index (χ1) is 31.3. The molecule has 10 aromatic rings. The summed E-state index contributed by atoms with van der Waals surface area (Å²) in [7, 11) is 0. The maximum absolute atomic E-state index is 6.62. The Balaban J connectivity index is 0.919. The summed E-state index contributed by atoms with van der Waals surface area (Å²) in [6.07, 6.45) is 15.8. The molecule has 0 amide bonds. The first kappa shape index (κ1) is 36.9. The molecule has 3 nitrogen and oxygen atoms in total. The van der Waals surface area contributed by atoms with Crippen molar-refractivity contribution in [3.05, 3.63) is 247 Å². The monoisotopic (exact) mass is 808 g/mol. The van der Waals surface area contributed by atoms with Gasteiger partial charge in [-0.15, -0.1) is 0 Å². The van der Waals surface area contributed by atoms with Gasteiger partial charge in [0.1, 0.15) is 11.2 Å². The molecule has 12 rings (SSSR count). The van der Waals surface area contributed by atoms with Gasteiger partial charge in [-0.05, 0) is 89.2 Å². The molecule has 2 unspecified atom stereocenters. The van der Waals surface area contributed by atoms with Crippen molar-refractivity contribution in [2.24, 2.45) is 0 Å². The average Bonchev–Trinajstić information content (AvgIpc) is 3.91. The minimum absolute atomic E-state index is 0.214. The van der Waals surface area contributed by atoms with Crippen LogP contribution in [0.25, 0.3) is 66.0 Å². The van der Waals surface area contributed by atoms with E-state index in [0.29, 0.717) is 0 Å². The predicted octanol–water partition coefficient (Wildman–Crippen LogP) is 16.6. The lowest BCUT2D eigenvalue weighted by Gasteiger charge is -2.30. The van der Waals surface area contributed by atoms with Crippen LogP contribution in [-0.2, 0) is 0 Å². The Hall–Kier alpha value is -7.88. The number of benzene rings is 8. The summed E-state index contributed by atoms with van der Waals surface area (Å²) in [5.41, 5.74) is 16.3. The maximum Gasteiger partial charge on any atom is 0.143 e. The Bertz CT molecular complexity index is 3410. The molecule has 0 radical (unpaired) electrons. The van der Waals surface area contributed by atoms with E-state index in [1.54, 1.807) is 0 Å². The summed E-state index contributed by atoms with van der Waals surface area (Å²) in [5, 5.41) is 4.87. The molecule has 2 aliphatic carbocycles. The van der Waals surface area contributed by atoms with Crippen LogP contribution in [-0.4, -0.2) is 4.57 Å². The molecule has 8 aromatic carbocycles. The molecule has 2 aromatic heterocycles. The van der Waals surface area contributed by atoms with E-state index in [9.17, 15) is 0 Å². The molecular weight excluding hydrogens is 765 g/mol. The van der Waals surface area contributed by atoms with Crippen molar-refractivity contribution in [3.63, 3.8) is 0 Å². The molecule has 2 heterocycles. The predicted molar refractivity (Wildman–Crippen MR) is 264 cm³/mol. The number of fused-ring (bicyclic) bond motifs is 6. The highest BCUT2D eigenvalue weighted by atomic mass is 16.3. The molecule has 0 bridgehead atoms. The molecule has 2 aliphatic rings. The van der Waals surface area contributed by atoms with Gasteiger partial charge in [-0.2, -0.15) is 0 Å². The number of allylic oxidation sites excluding steroid dienone is 8. The van der Waals surface area contributed by atoms with Crippen LogP contribution in [0.3, 0.4) is 0 Å². The molecule has 0 spiro atoms. The zero-order chi connectivity index (χ0) is 41.7. The van der Waals surface area contributed by atoms with Crippen LogP contribution in [0.4, 0.5) is 17.1 Å². The minimum Gasteiger partial charge on any atom is -0.455 e. The van der Waals surface area contributed by atoms with E-state index >= 15 is 0 Å². The average molecular weight is 809 g/mol. The quantitative estimate of drug-likeness (QED) is 0.152. The van der Waals surface area contributed by atoms with Gasteiger partial charge in [-0.1, -0.05) is 182 Å². The highest BCUT2D eigenvalue weighted by Gasteiger charge is 2.27. The third kappa shape index (κ3) is 6.44. The van der Waals surface area contributed by atoms with E-state index in [4.69, 9.17) is 4.42 Å². The van der Waals surface area contributed by atoms with Gasteiger partial charge in [0, 0.05) is 61.0 Å². The van der Waals surface area contributed by atoms with E-state index in [-0.39, 0.29) is 12.0 Å². The van der Waals surface area contributed by atoms with Gasteiger partial charge in [0.25, 0.3) is 0 Å². The molecule has 300 valence electrons. The first-order valence-electron chi connectivity index (χ1n) is 22.0. The Morgan fingerprint density at radius 1 is 0.508 bits per heavy atom. The van der Waals surface area contributed by atoms with Crippen LogP contribution in [0, 0.1) is 0 Å². The van der Waals surface area contributed by atoms with Gasteiger partial charge in [0.2, 0.25) is 0 Å². The Kier molecular flexibility index (Phi) is 9.11. The highest BCUT2D eigenvalue weighted by Crippen LogP contribution is 2.46. The second-order valence-electron chi connectivity index (χ2n) is 16.7. The number of hydrogen-bond donors (Lipinski definition) is 0. The molecule has 3 heteroatoms. The van der Waals surface area contributed by atoms with Gasteiger partial charge < -0.3 is 13.9 Å².